The van der Waals surface area contributed by atoms with Crippen molar-refractivity contribution in [2.75, 3.05) is 31.1 Å². The van der Waals surface area contributed by atoms with E-state index in [0.717, 1.165) is 47.6 Å². The normalized spacial score (nSPS) is 14.3. The van der Waals surface area contributed by atoms with Crippen molar-refractivity contribution >= 4 is 34.0 Å². The molecule has 25 heavy (non-hydrogen) atoms. The number of piperazine rings is 1. The van der Waals surface area contributed by atoms with Crippen molar-refractivity contribution in [1.29, 1.82) is 0 Å². The Bertz CT molecular complexity index is 693. The lowest BCUT2D eigenvalue weighted by molar-refractivity contribution is -0.134. The first-order valence-electron chi connectivity index (χ1n) is 8.80. The van der Waals surface area contributed by atoms with Gasteiger partial charge in [-0.15, -0.1) is 11.3 Å². The molecule has 2 heterocycles. The van der Waals surface area contributed by atoms with Gasteiger partial charge < -0.3 is 9.80 Å². The lowest BCUT2D eigenvalue weighted by Gasteiger charge is -2.35. The zero-order valence-electron chi connectivity index (χ0n) is 15.3. The molecule has 2 aromatic rings. The van der Waals surface area contributed by atoms with Crippen LogP contribution >= 0.6 is 22.9 Å². The van der Waals surface area contributed by atoms with E-state index in [1.165, 1.54) is 0 Å². The zero-order chi connectivity index (χ0) is 18.4. The summed E-state index contributed by atoms with van der Waals surface area (Å²) in [5.41, 5.74) is 1.99. The van der Waals surface area contributed by atoms with Gasteiger partial charge in [-0.3, -0.25) is 4.79 Å². The summed E-state index contributed by atoms with van der Waals surface area (Å²) in [6.45, 7) is 11.1. The number of carbonyl (C=O) groups is 1. The molecule has 1 fully saturated rings. The highest BCUT2D eigenvalue weighted by Crippen LogP contribution is 2.29. The Balaban J connectivity index is 0.00000109. The van der Waals surface area contributed by atoms with Crippen LogP contribution in [0.3, 0.4) is 0 Å². The molecule has 0 aliphatic carbocycles. The van der Waals surface area contributed by atoms with E-state index >= 15 is 0 Å². The fourth-order valence-corrected chi connectivity index (χ4v) is 3.75. The number of rotatable bonds is 3. The highest BCUT2D eigenvalue weighted by Gasteiger charge is 2.24. The molecule has 1 aromatic heterocycles. The second kappa shape index (κ2) is 9.20. The van der Waals surface area contributed by atoms with Crippen LogP contribution in [0, 0.1) is 5.92 Å². The van der Waals surface area contributed by atoms with E-state index in [9.17, 15) is 4.79 Å². The van der Waals surface area contributed by atoms with Crippen LogP contribution in [0.25, 0.3) is 11.3 Å². The van der Waals surface area contributed by atoms with Gasteiger partial charge in [0, 0.05) is 48.1 Å². The summed E-state index contributed by atoms with van der Waals surface area (Å²) < 4.78 is 0. The zero-order valence-corrected chi connectivity index (χ0v) is 16.9. The number of hydrogen-bond donors (Lipinski definition) is 0. The lowest BCUT2D eigenvalue weighted by Crippen LogP contribution is -2.49. The molecule has 1 saturated heterocycles. The monoisotopic (exact) mass is 379 g/mol. The molecule has 0 radical (unpaired) electrons. The summed E-state index contributed by atoms with van der Waals surface area (Å²) in [5.74, 6) is 0.305. The maximum atomic E-state index is 12.0. The van der Waals surface area contributed by atoms with E-state index in [1.807, 2.05) is 56.9 Å². The Kier molecular flexibility index (Phi) is 7.26. The average Bonchev–Trinajstić information content (AvgIpc) is 3.13. The smallest absolute Gasteiger partial charge is 0.225 e. The summed E-state index contributed by atoms with van der Waals surface area (Å²) in [7, 11) is 0. The molecule has 1 aliphatic rings. The van der Waals surface area contributed by atoms with Gasteiger partial charge in [0.25, 0.3) is 0 Å². The number of hydrogen-bond acceptors (Lipinski definition) is 4. The molecule has 4 nitrogen and oxygen atoms in total. The lowest BCUT2D eigenvalue weighted by atomic mass is 10.1. The standard InChI is InChI=1S/C17H20ClN3OS.C2H6/c1-12(2)16(22)20-6-8-21(9-7-20)17-19-15(11-23-17)13-4-3-5-14(18)10-13;1-2/h3-5,10-12H,6-9H2,1-2H3;1-2H3. The van der Waals surface area contributed by atoms with Crippen molar-refractivity contribution in [3.63, 3.8) is 0 Å². The molecule has 0 saturated carbocycles. The maximum absolute atomic E-state index is 12.0. The topological polar surface area (TPSA) is 36.4 Å². The van der Waals surface area contributed by atoms with Crippen LogP contribution in [-0.2, 0) is 4.79 Å². The Morgan fingerprint density at radius 1 is 1.20 bits per heavy atom. The Hall–Kier alpha value is -1.59. The Morgan fingerprint density at radius 2 is 1.88 bits per heavy atom. The Morgan fingerprint density at radius 3 is 2.48 bits per heavy atom. The largest absolute Gasteiger partial charge is 0.345 e. The quantitative estimate of drug-likeness (QED) is 0.768. The van der Waals surface area contributed by atoms with Crippen LogP contribution in [0.1, 0.15) is 27.7 Å². The number of carbonyl (C=O) groups excluding carboxylic acids is 1. The molecule has 3 rings (SSSR count). The van der Waals surface area contributed by atoms with Gasteiger partial charge in [0.05, 0.1) is 5.69 Å². The van der Waals surface area contributed by atoms with Gasteiger partial charge in [-0.25, -0.2) is 4.98 Å². The molecular weight excluding hydrogens is 354 g/mol. The second-order valence-electron chi connectivity index (χ2n) is 5.99. The van der Waals surface area contributed by atoms with Crippen molar-refractivity contribution in [1.82, 2.24) is 9.88 Å². The van der Waals surface area contributed by atoms with E-state index in [0.29, 0.717) is 0 Å². The van der Waals surface area contributed by atoms with E-state index in [4.69, 9.17) is 16.6 Å². The fraction of sp³-hybridized carbons (Fsp3) is 0.474. The number of thiazole rings is 1. The number of benzene rings is 1. The predicted octanol–water partition coefficient (Wildman–Crippen LogP) is 4.79. The number of nitrogens with zero attached hydrogens (tertiary/aromatic N) is 3. The van der Waals surface area contributed by atoms with Gasteiger partial charge in [0.15, 0.2) is 5.13 Å². The number of anilines is 1. The van der Waals surface area contributed by atoms with Crippen LogP contribution in [-0.4, -0.2) is 42.0 Å². The summed E-state index contributed by atoms with van der Waals surface area (Å²) in [6.07, 6.45) is 0. The van der Waals surface area contributed by atoms with Gasteiger partial charge >= 0.3 is 0 Å². The molecule has 1 aromatic carbocycles. The van der Waals surface area contributed by atoms with Gasteiger partial charge in [-0.1, -0.05) is 51.4 Å². The molecule has 0 bridgehead atoms. The minimum absolute atomic E-state index is 0.0656. The van der Waals surface area contributed by atoms with Gasteiger partial charge in [0.1, 0.15) is 0 Å². The van der Waals surface area contributed by atoms with Gasteiger partial charge in [-0.05, 0) is 12.1 Å². The third kappa shape index (κ3) is 4.95. The predicted molar refractivity (Wildman–Crippen MR) is 108 cm³/mol. The first-order chi connectivity index (χ1) is 12.0. The molecule has 0 unspecified atom stereocenters. The van der Waals surface area contributed by atoms with E-state index in [1.54, 1.807) is 11.3 Å². The number of halogens is 1. The molecule has 6 heteroatoms. The molecular formula is C19H26ClN3OS. The third-order valence-corrected chi connectivity index (χ3v) is 5.10. The number of amides is 1. The first kappa shape index (κ1) is 19.7. The van der Waals surface area contributed by atoms with Crippen molar-refractivity contribution in [2.24, 2.45) is 5.92 Å². The van der Waals surface area contributed by atoms with Crippen molar-refractivity contribution < 1.29 is 4.79 Å². The van der Waals surface area contributed by atoms with Crippen molar-refractivity contribution in [3.8, 4) is 11.3 Å². The second-order valence-corrected chi connectivity index (χ2v) is 7.27. The molecule has 0 N–H and O–H groups in total. The Labute approximate surface area is 159 Å². The van der Waals surface area contributed by atoms with Crippen LogP contribution in [0.2, 0.25) is 5.02 Å². The molecule has 1 aliphatic heterocycles. The van der Waals surface area contributed by atoms with Crippen LogP contribution < -0.4 is 4.90 Å². The fourth-order valence-electron chi connectivity index (χ4n) is 2.67. The first-order valence-corrected chi connectivity index (χ1v) is 10.1. The average molecular weight is 380 g/mol. The molecule has 136 valence electrons. The SMILES string of the molecule is CC.CC(C)C(=O)N1CCN(c2nc(-c3cccc(Cl)c3)cs2)CC1. The summed E-state index contributed by atoms with van der Waals surface area (Å²) >= 11 is 7.69. The molecule has 0 atom stereocenters. The minimum Gasteiger partial charge on any atom is -0.345 e. The van der Waals surface area contributed by atoms with E-state index in [2.05, 4.69) is 10.3 Å². The van der Waals surface area contributed by atoms with Crippen LogP contribution in [0.4, 0.5) is 5.13 Å². The van der Waals surface area contributed by atoms with Crippen LogP contribution in [0.5, 0.6) is 0 Å². The van der Waals surface area contributed by atoms with E-state index < -0.39 is 0 Å². The summed E-state index contributed by atoms with van der Waals surface area (Å²) in [6, 6.07) is 7.75. The van der Waals surface area contributed by atoms with E-state index in [-0.39, 0.29) is 11.8 Å². The maximum Gasteiger partial charge on any atom is 0.225 e. The van der Waals surface area contributed by atoms with Gasteiger partial charge in [-0.2, -0.15) is 0 Å². The molecule has 0 spiro atoms. The highest BCUT2D eigenvalue weighted by molar-refractivity contribution is 7.14. The summed E-state index contributed by atoms with van der Waals surface area (Å²) in [5, 5.41) is 3.79. The van der Waals surface area contributed by atoms with Crippen molar-refractivity contribution in [2.45, 2.75) is 27.7 Å². The number of aromatic nitrogens is 1. The van der Waals surface area contributed by atoms with Crippen molar-refractivity contribution in [3.05, 3.63) is 34.7 Å². The molecule has 1 amide bonds. The van der Waals surface area contributed by atoms with Gasteiger partial charge in [0.2, 0.25) is 5.91 Å². The summed E-state index contributed by atoms with van der Waals surface area (Å²) in [4.78, 5) is 21.0. The third-order valence-electron chi connectivity index (χ3n) is 3.97. The van der Waals surface area contributed by atoms with Crippen LogP contribution in [0.15, 0.2) is 29.6 Å². The highest BCUT2D eigenvalue weighted by atomic mass is 35.5. The minimum atomic E-state index is 0.0656.